The molecule has 0 spiro atoms. The van der Waals surface area contributed by atoms with E-state index in [1.165, 1.54) is 0 Å². The lowest BCUT2D eigenvalue weighted by Gasteiger charge is -2.23. The Balaban J connectivity index is 1.42. The maximum Gasteiger partial charge on any atom is 0.412 e. The van der Waals surface area contributed by atoms with Crippen molar-refractivity contribution in [2.24, 2.45) is 5.92 Å². The highest BCUT2D eigenvalue weighted by Crippen LogP contribution is 2.40. The molecular formula is C33H34N2O3. The first kappa shape index (κ1) is 25.5. The maximum absolute atomic E-state index is 12.3. The third kappa shape index (κ3) is 6.23. The van der Waals surface area contributed by atoms with E-state index in [1.807, 2.05) is 75.4 Å². The molecule has 1 heterocycles. The molecule has 0 bridgehead atoms. The third-order valence-corrected chi connectivity index (χ3v) is 6.57. The summed E-state index contributed by atoms with van der Waals surface area (Å²) in [5, 5.41) is 2.86. The summed E-state index contributed by atoms with van der Waals surface area (Å²) in [6, 6.07) is 28.4. The molecule has 1 unspecified atom stereocenters. The van der Waals surface area contributed by atoms with Crippen LogP contribution in [-0.2, 0) is 11.2 Å². The fourth-order valence-corrected chi connectivity index (χ4v) is 4.92. The molecule has 5 nitrogen and oxygen atoms in total. The summed E-state index contributed by atoms with van der Waals surface area (Å²) in [4.78, 5) is 17.3. The van der Waals surface area contributed by atoms with Gasteiger partial charge in [-0.25, -0.2) is 9.78 Å². The number of aromatic nitrogens is 1. The monoisotopic (exact) mass is 506 g/mol. The molecule has 3 aromatic carbocycles. The summed E-state index contributed by atoms with van der Waals surface area (Å²) in [6.45, 7) is 5.57. The second kappa shape index (κ2) is 11.1. The zero-order valence-corrected chi connectivity index (χ0v) is 22.2. The first-order chi connectivity index (χ1) is 18.4. The second-order valence-electron chi connectivity index (χ2n) is 10.7. The summed E-state index contributed by atoms with van der Waals surface area (Å²) >= 11 is 0. The van der Waals surface area contributed by atoms with Crippen LogP contribution in [0.25, 0.3) is 28.2 Å². The number of hydrogen-bond donors (Lipinski definition) is 1. The minimum atomic E-state index is -0.545. The van der Waals surface area contributed by atoms with Gasteiger partial charge >= 0.3 is 6.09 Å². The van der Waals surface area contributed by atoms with E-state index < -0.39 is 11.7 Å². The molecule has 194 valence electrons. The molecule has 5 rings (SSSR count). The smallest absolute Gasteiger partial charge is 0.412 e. The van der Waals surface area contributed by atoms with Crippen molar-refractivity contribution in [2.75, 3.05) is 5.32 Å². The van der Waals surface area contributed by atoms with Crippen molar-refractivity contribution >= 4 is 17.4 Å². The number of anilines is 1. The van der Waals surface area contributed by atoms with Crippen molar-refractivity contribution in [3.63, 3.8) is 0 Å². The highest BCUT2D eigenvalue weighted by molar-refractivity contribution is 5.85. The molecule has 1 amide bonds. The van der Waals surface area contributed by atoms with E-state index in [9.17, 15) is 4.79 Å². The van der Waals surface area contributed by atoms with E-state index in [0.29, 0.717) is 5.89 Å². The number of allylic oxidation sites excluding steroid dienone is 2. The van der Waals surface area contributed by atoms with Crippen LogP contribution in [0.5, 0.6) is 0 Å². The van der Waals surface area contributed by atoms with E-state index >= 15 is 0 Å². The van der Waals surface area contributed by atoms with Crippen molar-refractivity contribution in [1.29, 1.82) is 0 Å². The number of nitrogens with zero attached hydrogens (tertiary/aromatic N) is 1. The van der Waals surface area contributed by atoms with Gasteiger partial charge in [-0.05, 0) is 70.1 Å². The molecule has 5 heteroatoms. The zero-order valence-electron chi connectivity index (χ0n) is 22.2. The van der Waals surface area contributed by atoms with Crippen LogP contribution in [0.15, 0.2) is 95.4 Å². The van der Waals surface area contributed by atoms with Crippen LogP contribution in [-0.4, -0.2) is 16.7 Å². The van der Waals surface area contributed by atoms with Gasteiger partial charge in [0.2, 0.25) is 5.89 Å². The first-order valence-electron chi connectivity index (χ1n) is 13.3. The SMILES string of the molecule is CC(C)(C)OC(=O)Nc1cccc(CC2CCCC=C2c2nc(-c3ccccc3)c(-c3ccccc3)o2)c1. The number of hydrogen-bond acceptors (Lipinski definition) is 4. The number of oxazole rings is 1. The van der Waals surface area contributed by atoms with Crippen LogP contribution in [0.3, 0.4) is 0 Å². The van der Waals surface area contributed by atoms with Gasteiger partial charge in [-0.3, -0.25) is 5.32 Å². The molecule has 0 fully saturated rings. The molecule has 1 N–H and O–H groups in total. The number of nitrogens with one attached hydrogen (secondary N) is 1. The number of rotatable bonds is 6. The quantitative estimate of drug-likeness (QED) is 0.284. The van der Waals surface area contributed by atoms with Crippen LogP contribution >= 0.6 is 0 Å². The second-order valence-corrected chi connectivity index (χ2v) is 10.7. The predicted octanol–water partition coefficient (Wildman–Crippen LogP) is 8.78. The average molecular weight is 507 g/mol. The molecule has 0 saturated heterocycles. The summed E-state index contributed by atoms with van der Waals surface area (Å²) in [6.07, 6.45) is 5.86. The number of ether oxygens (including phenoxy) is 1. The highest BCUT2D eigenvalue weighted by Gasteiger charge is 2.26. The molecule has 1 aromatic heterocycles. The van der Waals surface area contributed by atoms with Gasteiger partial charge in [-0.15, -0.1) is 0 Å². The van der Waals surface area contributed by atoms with E-state index in [4.69, 9.17) is 14.1 Å². The van der Waals surface area contributed by atoms with Gasteiger partial charge in [0, 0.05) is 22.4 Å². The Morgan fingerprint density at radius 2 is 1.68 bits per heavy atom. The molecule has 0 saturated carbocycles. The van der Waals surface area contributed by atoms with E-state index in [2.05, 4.69) is 41.7 Å². The fourth-order valence-electron chi connectivity index (χ4n) is 4.92. The Kier molecular flexibility index (Phi) is 7.45. The normalized spacial score (nSPS) is 15.6. The first-order valence-corrected chi connectivity index (χ1v) is 13.3. The van der Waals surface area contributed by atoms with Crippen LogP contribution < -0.4 is 5.32 Å². The van der Waals surface area contributed by atoms with Gasteiger partial charge in [0.15, 0.2) is 5.76 Å². The lowest BCUT2D eigenvalue weighted by molar-refractivity contribution is 0.0636. The lowest BCUT2D eigenvalue weighted by atomic mass is 9.83. The Bertz CT molecular complexity index is 1360. The van der Waals surface area contributed by atoms with E-state index in [0.717, 1.165) is 65.1 Å². The minimum absolute atomic E-state index is 0.270. The average Bonchev–Trinajstić information content (AvgIpc) is 3.35. The molecule has 1 aliphatic carbocycles. The molecule has 4 aromatic rings. The summed E-state index contributed by atoms with van der Waals surface area (Å²) in [5.41, 5.74) is 5.40. The Morgan fingerprint density at radius 3 is 2.39 bits per heavy atom. The fraction of sp³-hybridized carbons (Fsp3) is 0.273. The third-order valence-electron chi connectivity index (χ3n) is 6.57. The minimum Gasteiger partial charge on any atom is -0.444 e. The standard InChI is InChI=1S/C33H34N2O3/c1-33(2,3)38-32(36)34-27-19-12-13-23(22-27)21-26-18-10-11-20-28(26)31-35-29(24-14-6-4-7-15-24)30(37-31)25-16-8-5-9-17-25/h4-9,12-17,19-20,22,26H,10-11,18,21H2,1-3H3,(H,34,36). The largest absolute Gasteiger partial charge is 0.444 e. The van der Waals surface area contributed by atoms with Gasteiger partial charge in [0.25, 0.3) is 0 Å². The summed E-state index contributed by atoms with van der Waals surface area (Å²) in [5.74, 6) is 1.75. The van der Waals surface area contributed by atoms with Crippen molar-refractivity contribution in [1.82, 2.24) is 4.98 Å². The zero-order chi connectivity index (χ0) is 26.5. The predicted molar refractivity (Wildman–Crippen MR) is 153 cm³/mol. The van der Waals surface area contributed by atoms with Crippen LogP contribution in [0, 0.1) is 5.92 Å². The van der Waals surface area contributed by atoms with E-state index in [-0.39, 0.29) is 5.92 Å². The van der Waals surface area contributed by atoms with Crippen molar-refractivity contribution in [3.8, 4) is 22.6 Å². The Morgan fingerprint density at radius 1 is 0.974 bits per heavy atom. The molecule has 0 aliphatic heterocycles. The van der Waals surface area contributed by atoms with Gasteiger partial charge in [0.1, 0.15) is 11.3 Å². The topological polar surface area (TPSA) is 64.4 Å². The number of benzene rings is 3. The lowest BCUT2D eigenvalue weighted by Crippen LogP contribution is -2.27. The van der Waals surface area contributed by atoms with Gasteiger partial charge in [-0.1, -0.05) is 78.9 Å². The van der Waals surface area contributed by atoms with Crippen molar-refractivity contribution in [3.05, 3.63) is 102 Å². The molecule has 1 atom stereocenters. The number of carbonyl (C=O) groups is 1. The number of amides is 1. The van der Waals surface area contributed by atoms with Crippen LogP contribution in [0.4, 0.5) is 10.5 Å². The van der Waals surface area contributed by atoms with Crippen molar-refractivity contribution in [2.45, 2.75) is 52.1 Å². The van der Waals surface area contributed by atoms with Gasteiger partial charge < -0.3 is 9.15 Å². The number of carbonyl (C=O) groups excluding carboxylic acids is 1. The van der Waals surface area contributed by atoms with Crippen LogP contribution in [0.1, 0.15) is 51.5 Å². The van der Waals surface area contributed by atoms with Gasteiger partial charge in [0.05, 0.1) is 0 Å². The Hall–Kier alpha value is -4.12. The maximum atomic E-state index is 12.3. The molecule has 38 heavy (non-hydrogen) atoms. The summed E-state index contributed by atoms with van der Waals surface area (Å²) in [7, 11) is 0. The highest BCUT2D eigenvalue weighted by atomic mass is 16.6. The molecular weight excluding hydrogens is 472 g/mol. The molecule has 0 radical (unpaired) electrons. The van der Waals surface area contributed by atoms with E-state index in [1.54, 1.807) is 0 Å². The Labute approximate surface area is 224 Å². The summed E-state index contributed by atoms with van der Waals surface area (Å²) < 4.78 is 11.9. The molecule has 1 aliphatic rings. The van der Waals surface area contributed by atoms with Crippen molar-refractivity contribution < 1.29 is 13.9 Å². The van der Waals surface area contributed by atoms with Gasteiger partial charge in [-0.2, -0.15) is 0 Å². The van der Waals surface area contributed by atoms with Crippen LogP contribution in [0.2, 0.25) is 0 Å².